The molecule has 0 spiro atoms. The number of fused-ring (bicyclic) bond motifs is 1. The summed E-state index contributed by atoms with van der Waals surface area (Å²) < 4.78 is 1.57. The van der Waals surface area contributed by atoms with Crippen LogP contribution in [0.3, 0.4) is 0 Å². The zero-order chi connectivity index (χ0) is 20.9. The summed E-state index contributed by atoms with van der Waals surface area (Å²) in [5.41, 5.74) is 4.66. The van der Waals surface area contributed by atoms with E-state index in [2.05, 4.69) is 15.5 Å². The van der Waals surface area contributed by atoms with Crippen molar-refractivity contribution in [1.29, 1.82) is 0 Å². The van der Waals surface area contributed by atoms with Gasteiger partial charge in [-0.15, -0.1) is 11.3 Å². The summed E-state index contributed by atoms with van der Waals surface area (Å²) in [4.78, 5) is 31.1. The number of rotatable bonds is 6. The molecule has 150 valence electrons. The summed E-state index contributed by atoms with van der Waals surface area (Å²) >= 11 is 2.74. The SMILES string of the molecule is Cc1ccccc1-n1c(SCC(=O)N/N=C\c2cccs2)nc2ccccc2c1=O. The first-order valence-corrected chi connectivity index (χ1v) is 11.1. The van der Waals surface area contributed by atoms with Crippen molar-refractivity contribution in [2.75, 3.05) is 5.75 Å². The number of amides is 1. The third-order valence-corrected chi connectivity index (χ3v) is 6.10. The molecule has 0 bridgehead atoms. The minimum atomic E-state index is -0.272. The molecule has 0 unspecified atom stereocenters. The standard InChI is InChI=1S/C22H18N4O2S2/c1-15-7-2-5-11-19(15)26-21(28)17-9-3-4-10-18(17)24-22(26)30-14-20(27)25-23-13-16-8-6-12-29-16/h2-13H,14H2,1H3,(H,25,27)/b23-13-. The molecule has 0 aliphatic heterocycles. The highest BCUT2D eigenvalue weighted by atomic mass is 32.2. The van der Waals surface area contributed by atoms with Crippen LogP contribution in [0.2, 0.25) is 0 Å². The third kappa shape index (κ3) is 4.34. The number of nitrogens with zero attached hydrogens (tertiary/aromatic N) is 3. The first-order chi connectivity index (χ1) is 14.6. The van der Waals surface area contributed by atoms with Crippen LogP contribution in [0.15, 0.2) is 81.1 Å². The third-order valence-electron chi connectivity index (χ3n) is 4.36. The van der Waals surface area contributed by atoms with Gasteiger partial charge in [-0.2, -0.15) is 5.10 Å². The largest absolute Gasteiger partial charge is 0.272 e. The molecule has 30 heavy (non-hydrogen) atoms. The summed E-state index contributed by atoms with van der Waals surface area (Å²) in [5.74, 6) is -0.190. The monoisotopic (exact) mass is 434 g/mol. The Morgan fingerprint density at radius 1 is 1.17 bits per heavy atom. The van der Waals surface area contributed by atoms with Crippen LogP contribution in [0.5, 0.6) is 0 Å². The highest BCUT2D eigenvalue weighted by Crippen LogP contribution is 2.23. The zero-order valence-corrected chi connectivity index (χ0v) is 17.7. The number of benzene rings is 2. The van der Waals surface area contributed by atoms with E-state index in [0.717, 1.165) is 16.1 Å². The Labute approximate surface area is 181 Å². The molecule has 4 aromatic rings. The molecule has 0 fully saturated rings. The van der Waals surface area contributed by atoms with E-state index in [9.17, 15) is 9.59 Å². The van der Waals surface area contributed by atoms with Gasteiger partial charge in [0.2, 0.25) is 0 Å². The van der Waals surface area contributed by atoms with E-state index < -0.39 is 0 Å². The highest BCUT2D eigenvalue weighted by molar-refractivity contribution is 7.99. The predicted octanol–water partition coefficient (Wildman–Crippen LogP) is 4.00. The number of thioether (sulfide) groups is 1. The second kappa shape index (κ2) is 9.06. The van der Waals surface area contributed by atoms with Gasteiger partial charge in [0.15, 0.2) is 5.16 Å². The van der Waals surface area contributed by atoms with Crippen LogP contribution in [-0.2, 0) is 4.79 Å². The van der Waals surface area contributed by atoms with Crippen LogP contribution >= 0.6 is 23.1 Å². The number of para-hydroxylation sites is 2. The van der Waals surface area contributed by atoms with E-state index in [1.165, 1.54) is 23.1 Å². The molecule has 0 radical (unpaired) electrons. The van der Waals surface area contributed by atoms with E-state index in [-0.39, 0.29) is 17.2 Å². The quantitative estimate of drug-likeness (QED) is 0.215. The van der Waals surface area contributed by atoms with E-state index in [1.807, 2.05) is 60.8 Å². The maximum Gasteiger partial charge on any atom is 0.266 e. The van der Waals surface area contributed by atoms with Crippen LogP contribution in [0.25, 0.3) is 16.6 Å². The second-order valence-corrected chi connectivity index (χ2v) is 8.36. The van der Waals surface area contributed by atoms with Crippen molar-refractivity contribution in [2.45, 2.75) is 12.1 Å². The molecule has 0 saturated carbocycles. The molecular weight excluding hydrogens is 416 g/mol. The summed E-state index contributed by atoms with van der Waals surface area (Å²) in [6, 6.07) is 18.7. The molecule has 0 saturated heterocycles. The van der Waals surface area contributed by atoms with E-state index in [0.29, 0.717) is 16.1 Å². The number of nitrogens with one attached hydrogen (secondary N) is 1. The maximum absolute atomic E-state index is 13.2. The van der Waals surface area contributed by atoms with Gasteiger partial charge in [0.05, 0.1) is 28.6 Å². The molecule has 2 aromatic carbocycles. The number of thiophene rings is 1. The Bertz CT molecular complexity index is 1280. The summed E-state index contributed by atoms with van der Waals surface area (Å²) in [6.45, 7) is 1.94. The van der Waals surface area contributed by atoms with E-state index in [4.69, 9.17) is 0 Å². The fraction of sp³-hybridized carbons (Fsp3) is 0.0909. The number of carbonyl (C=O) groups excluding carboxylic acids is 1. The summed E-state index contributed by atoms with van der Waals surface area (Å²) in [5, 5.41) is 6.91. The molecule has 1 N–H and O–H groups in total. The lowest BCUT2D eigenvalue weighted by Gasteiger charge is -2.14. The van der Waals surface area contributed by atoms with Gasteiger partial charge in [0.25, 0.3) is 11.5 Å². The van der Waals surface area contributed by atoms with Crippen molar-refractivity contribution in [3.63, 3.8) is 0 Å². The Balaban J connectivity index is 1.63. The van der Waals surface area contributed by atoms with E-state index in [1.54, 1.807) is 22.9 Å². The average molecular weight is 435 g/mol. The molecule has 8 heteroatoms. The van der Waals surface area contributed by atoms with Gasteiger partial charge in [-0.25, -0.2) is 10.4 Å². The molecule has 2 aromatic heterocycles. The molecule has 4 rings (SSSR count). The van der Waals surface area contributed by atoms with Gasteiger partial charge in [-0.3, -0.25) is 14.2 Å². The molecule has 6 nitrogen and oxygen atoms in total. The van der Waals surface area contributed by atoms with Crippen molar-refractivity contribution < 1.29 is 4.79 Å². The molecule has 0 atom stereocenters. The van der Waals surface area contributed by atoms with Gasteiger partial charge in [0.1, 0.15) is 0 Å². The first-order valence-electron chi connectivity index (χ1n) is 9.19. The van der Waals surface area contributed by atoms with Crippen molar-refractivity contribution >= 4 is 46.1 Å². The van der Waals surface area contributed by atoms with Crippen molar-refractivity contribution in [2.24, 2.45) is 5.10 Å². The average Bonchev–Trinajstić information content (AvgIpc) is 3.27. The van der Waals surface area contributed by atoms with Crippen molar-refractivity contribution in [3.8, 4) is 5.69 Å². The highest BCUT2D eigenvalue weighted by Gasteiger charge is 2.15. The Kier molecular flexibility index (Phi) is 6.06. The van der Waals surface area contributed by atoms with Gasteiger partial charge in [-0.1, -0.05) is 48.2 Å². The van der Waals surface area contributed by atoms with E-state index >= 15 is 0 Å². The van der Waals surface area contributed by atoms with Gasteiger partial charge in [0, 0.05) is 4.88 Å². The number of aromatic nitrogens is 2. The van der Waals surface area contributed by atoms with Crippen LogP contribution in [-0.4, -0.2) is 27.4 Å². The topological polar surface area (TPSA) is 76.3 Å². The Morgan fingerprint density at radius 2 is 1.97 bits per heavy atom. The minimum absolute atomic E-state index is 0.0818. The molecule has 1 amide bonds. The number of hydrazone groups is 1. The van der Waals surface area contributed by atoms with Gasteiger partial charge >= 0.3 is 0 Å². The second-order valence-electron chi connectivity index (χ2n) is 6.44. The number of aryl methyl sites for hydroxylation is 1. The molecular formula is C22H18N4O2S2. The smallest absolute Gasteiger partial charge is 0.266 e. The lowest BCUT2D eigenvalue weighted by atomic mass is 10.2. The fourth-order valence-electron chi connectivity index (χ4n) is 2.93. The predicted molar refractivity (Wildman–Crippen MR) is 123 cm³/mol. The Morgan fingerprint density at radius 3 is 2.77 bits per heavy atom. The zero-order valence-electron chi connectivity index (χ0n) is 16.1. The van der Waals surface area contributed by atoms with Crippen LogP contribution < -0.4 is 11.0 Å². The lowest BCUT2D eigenvalue weighted by Crippen LogP contribution is -2.24. The summed E-state index contributed by atoms with van der Waals surface area (Å²) in [7, 11) is 0. The summed E-state index contributed by atoms with van der Waals surface area (Å²) in [6.07, 6.45) is 1.60. The lowest BCUT2D eigenvalue weighted by molar-refractivity contribution is -0.118. The van der Waals surface area contributed by atoms with Gasteiger partial charge in [-0.05, 0) is 42.1 Å². The number of hydrogen-bond acceptors (Lipinski definition) is 6. The minimum Gasteiger partial charge on any atom is -0.272 e. The Hall–Kier alpha value is -3.23. The molecule has 2 heterocycles. The maximum atomic E-state index is 13.2. The van der Waals surface area contributed by atoms with Crippen molar-refractivity contribution in [3.05, 3.63) is 86.8 Å². The van der Waals surface area contributed by atoms with Crippen LogP contribution in [0.4, 0.5) is 0 Å². The van der Waals surface area contributed by atoms with Crippen molar-refractivity contribution in [1.82, 2.24) is 15.0 Å². The number of carbonyl (C=O) groups is 1. The molecule has 0 aliphatic carbocycles. The normalized spacial score (nSPS) is 11.2. The van der Waals surface area contributed by atoms with Crippen LogP contribution in [0, 0.1) is 6.92 Å². The fourth-order valence-corrected chi connectivity index (χ4v) is 4.31. The molecule has 0 aliphatic rings. The number of hydrogen-bond donors (Lipinski definition) is 1. The first kappa shape index (κ1) is 20.1. The van der Waals surface area contributed by atoms with Gasteiger partial charge < -0.3 is 0 Å². The van der Waals surface area contributed by atoms with Crippen LogP contribution in [0.1, 0.15) is 10.4 Å².